The molecule has 0 radical (unpaired) electrons. The van der Waals surface area contributed by atoms with E-state index in [2.05, 4.69) is 4.98 Å². The molecule has 5 nitrogen and oxygen atoms in total. The molecule has 1 atom stereocenters. The van der Waals surface area contributed by atoms with Gasteiger partial charge in [0.2, 0.25) is 0 Å². The molecule has 1 aromatic heterocycles. The van der Waals surface area contributed by atoms with Crippen LogP contribution in [0.2, 0.25) is 0 Å². The first-order valence-electron chi connectivity index (χ1n) is 7.23. The highest BCUT2D eigenvalue weighted by molar-refractivity contribution is 6.01. The van der Waals surface area contributed by atoms with E-state index < -0.39 is 5.97 Å². The highest BCUT2D eigenvalue weighted by Gasteiger charge is 2.24. The number of aliphatic hydroxyl groups is 1. The van der Waals surface area contributed by atoms with Gasteiger partial charge < -0.3 is 14.8 Å². The van der Waals surface area contributed by atoms with Crippen LogP contribution in [-0.2, 0) is 0 Å². The molecule has 0 aliphatic rings. The molecule has 2 N–H and O–H groups in total. The fourth-order valence-electron chi connectivity index (χ4n) is 2.65. The monoisotopic (exact) mass is 290 g/mol. The van der Waals surface area contributed by atoms with Gasteiger partial charge in [-0.2, -0.15) is 0 Å². The maximum absolute atomic E-state index is 11.4. The Kier molecular flexibility index (Phi) is 4.32. The van der Waals surface area contributed by atoms with Crippen molar-refractivity contribution in [1.29, 1.82) is 0 Å². The van der Waals surface area contributed by atoms with Gasteiger partial charge in [0.1, 0.15) is 11.3 Å². The first-order valence-corrected chi connectivity index (χ1v) is 7.23. The van der Waals surface area contributed by atoms with Gasteiger partial charge in [0.15, 0.2) is 0 Å². The van der Waals surface area contributed by atoms with Gasteiger partial charge in [0.05, 0.1) is 23.7 Å². The first-order chi connectivity index (χ1) is 9.88. The molecule has 1 aromatic carbocycles. The molecule has 0 fully saturated rings. The number of fused-ring (bicyclic) bond motifs is 1. The van der Waals surface area contributed by atoms with Crippen molar-refractivity contribution in [3.63, 3.8) is 0 Å². The number of imidazole rings is 1. The summed E-state index contributed by atoms with van der Waals surface area (Å²) in [7, 11) is 0. The SMILES string of the molecule is CC(C)c1nc2c(C(=O)O)cccc2n1C(CO)C(C)C. The number of carboxylic acid groups (broad SMARTS) is 1. The van der Waals surface area contributed by atoms with Crippen molar-refractivity contribution in [2.24, 2.45) is 5.92 Å². The van der Waals surface area contributed by atoms with Gasteiger partial charge in [-0.15, -0.1) is 0 Å². The summed E-state index contributed by atoms with van der Waals surface area (Å²) in [6.07, 6.45) is 0. The van der Waals surface area contributed by atoms with Crippen molar-refractivity contribution in [3.05, 3.63) is 29.6 Å². The second-order valence-electron chi connectivity index (χ2n) is 5.97. The van der Waals surface area contributed by atoms with E-state index in [-0.39, 0.29) is 30.0 Å². The molecule has 0 saturated carbocycles. The molecule has 0 amide bonds. The number of carbonyl (C=O) groups is 1. The Balaban J connectivity index is 2.81. The van der Waals surface area contributed by atoms with E-state index in [0.29, 0.717) is 5.52 Å². The van der Waals surface area contributed by atoms with Crippen molar-refractivity contribution in [2.75, 3.05) is 6.61 Å². The highest BCUT2D eigenvalue weighted by atomic mass is 16.4. The maximum Gasteiger partial charge on any atom is 0.337 e. The predicted molar refractivity (Wildman–Crippen MR) is 81.7 cm³/mol. The number of hydrogen-bond acceptors (Lipinski definition) is 3. The molecule has 0 saturated heterocycles. The van der Waals surface area contributed by atoms with Crippen molar-refractivity contribution in [3.8, 4) is 0 Å². The predicted octanol–water partition coefficient (Wildman–Crippen LogP) is 3.05. The summed E-state index contributed by atoms with van der Waals surface area (Å²) < 4.78 is 2.00. The number of carboxylic acids is 1. The summed E-state index contributed by atoms with van der Waals surface area (Å²) in [5, 5.41) is 19.1. The highest BCUT2D eigenvalue weighted by Crippen LogP contribution is 2.30. The number of aromatic carboxylic acids is 1. The number of para-hydroxylation sites is 1. The Morgan fingerprint density at radius 1 is 1.29 bits per heavy atom. The molecular formula is C16H22N2O3. The van der Waals surface area contributed by atoms with Crippen LogP contribution < -0.4 is 0 Å². The molecule has 114 valence electrons. The average Bonchev–Trinajstić information content (AvgIpc) is 2.78. The molecule has 0 spiro atoms. The van der Waals surface area contributed by atoms with E-state index in [1.165, 1.54) is 0 Å². The molecule has 5 heteroatoms. The van der Waals surface area contributed by atoms with Gasteiger partial charge in [-0.1, -0.05) is 33.8 Å². The van der Waals surface area contributed by atoms with Gasteiger partial charge in [-0.3, -0.25) is 0 Å². The topological polar surface area (TPSA) is 75.3 Å². The molecule has 0 bridgehead atoms. The third kappa shape index (κ3) is 2.65. The minimum atomic E-state index is -0.981. The van der Waals surface area contributed by atoms with Crippen molar-refractivity contribution < 1.29 is 15.0 Å². The van der Waals surface area contributed by atoms with E-state index in [1.807, 2.05) is 38.3 Å². The van der Waals surface area contributed by atoms with Crippen molar-refractivity contribution in [1.82, 2.24) is 9.55 Å². The zero-order valence-electron chi connectivity index (χ0n) is 12.9. The largest absolute Gasteiger partial charge is 0.478 e. The van der Waals surface area contributed by atoms with Gasteiger partial charge in [-0.05, 0) is 18.1 Å². The van der Waals surface area contributed by atoms with E-state index in [0.717, 1.165) is 11.3 Å². The van der Waals surface area contributed by atoms with Crippen LogP contribution in [0.3, 0.4) is 0 Å². The van der Waals surface area contributed by atoms with Crippen LogP contribution in [0.15, 0.2) is 18.2 Å². The lowest BCUT2D eigenvalue weighted by Gasteiger charge is -2.24. The van der Waals surface area contributed by atoms with Crippen LogP contribution in [-0.4, -0.2) is 32.3 Å². The lowest BCUT2D eigenvalue weighted by molar-refractivity contribution is 0.0699. The second kappa shape index (κ2) is 5.85. The molecule has 2 aromatic rings. The van der Waals surface area contributed by atoms with Crippen LogP contribution in [0.4, 0.5) is 0 Å². The van der Waals surface area contributed by atoms with Gasteiger partial charge in [-0.25, -0.2) is 9.78 Å². The van der Waals surface area contributed by atoms with Crippen molar-refractivity contribution >= 4 is 17.0 Å². The third-order valence-corrected chi connectivity index (χ3v) is 3.78. The van der Waals surface area contributed by atoms with Crippen LogP contribution in [0.1, 0.15) is 55.8 Å². The van der Waals surface area contributed by atoms with Crippen LogP contribution in [0, 0.1) is 5.92 Å². The quantitative estimate of drug-likeness (QED) is 0.887. The summed E-state index contributed by atoms with van der Waals surface area (Å²) in [6.45, 7) is 8.12. The van der Waals surface area contributed by atoms with Crippen LogP contribution >= 0.6 is 0 Å². The number of aromatic nitrogens is 2. The van der Waals surface area contributed by atoms with Crippen LogP contribution in [0.5, 0.6) is 0 Å². The smallest absolute Gasteiger partial charge is 0.337 e. The normalized spacial score (nSPS) is 13.3. The Bertz CT molecular complexity index is 659. The van der Waals surface area contributed by atoms with Gasteiger partial charge >= 0.3 is 5.97 Å². The molecular weight excluding hydrogens is 268 g/mol. The standard InChI is InChI=1S/C16H22N2O3/c1-9(2)13(8-19)18-12-7-5-6-11(16(20)21)14(12)17-15(18)10(3)4/h5-7,9-10,13,19H,8H2,1-4H3,(H,20,21). The Morgan fingerprint density at radius 2 is 1.95 bits per heavy atom. The fraction of sp³-hybridized carbons (Fsp3) is 0.500. The number of nitrogens with zero attached hydrogens (tertiary/aromatic N) is 2. The van der Waals surface area contributed by atoms with E-state index >= 15 is 0 Å². The number of aliphatic hydroxyl groups excluding tert-OH is 1. The van der Waals surface area contributed by atoms with Crippen molar-refractivity contribution in [2.45, 2.75) is 39.7 Å². The van der Waals surface area contributed by atoms with Crippen LogP contribution in [0.25, 0.3) is 11.0 Å². The fourth-order valence-corrected chi connectivity index (χ4v) is 2.65. The summed E-state index contributed by atoms with van der Waals surface area (Å²) in [6, 6.07) is 5.04. The zero-order chi connectivity index (χ0) is 15.7. The number of rotatable bonds is 5. The summed E-state index contributed by atoms with van der Waals surface area (Å²) in [4.78, 5) is 15.9. The molecule has 21 heavy (non-hydrogen) atoms. The number of benzene rings is 1. The van der Waals surface area contributed by atoms with Gasteiger partial charge in [0, 0.05) is 5.92 Å². The summed E-state index contributed by atoms with van der Waals surface area (Å²) in [5.41, 5.74) is 1.47. The van der Waals surface area contributed by atoms with E-state index in [4.69, 9.17) is 0 Å². The lowest BCUT2D eigenvalue weighted by Crippen LogP contribution is -2.21. The summed E-state index contributed by atoms with van der Waals surface area (Å²) >= 11 is 0. The zero-order valence-corrected chi connectivity index (χ0v) is 12.9. The van der Waals surface area contributed by atoms with E-state index in [1.54, 1.807) is 12.1 Å². The Hall–Kier alpha value is -1.88. The third-order valence-electron chi connectivity index (χ3n) is 3.78. The van der Waals surface area contributed by atoms with Gasteiger partial charge in [0.25, 0.3) is 0 Å². The van der Waals surface area contributed by atoms with E-state index in [9.17, 15) is 15.0 Å². The molecule has 1 unspecified atom stereocenters. The minimum absolute atomic E-state index is 0.000145. The maximum atomic E-state index is 11.4. The minimum Gasteiger partial charge on any atom is -0.478 e. The first kappa shape index (κ1) is 15.5. The molecule has 0 aliphatic carbocycles. The Labute approximate surface area is 124 Å². The lowest BCUT2D eigenvalue weighted by atomic mass is 10.0. The summed E-state index contributed by atoms with van der Waals surface area (Å²) in [5.74, 6) is 0.197. The Morgan fingerprint density at radius 3 is 2.43 bits per heavy atom. The molecule has 1 heterocycles. The second-order valence-corrected chi connectivity index (χ2v) is 5.97. The molecule has 0 aliphatic heterocycles. The average molecular weight is 290 g/mol. The molecule has 2 rings (SSSR count). The number of hydrogen-bond donors (Lipinski definition) is 2.